The van der Waals surface area contributed by atoms with E-state index < -0.39 is 0 Å². The molecule has 1 rings (SSSR count). The van der Waals surface area contributed by atoms with E-state index in [1.807, 2.05) is 0 Å². The van der Waals surface area contributed by atoms with Crippen LogP contribution >= 0.6 is 0 Å². The lowest BCUT2D eigenvalue weighted by Crippen LogP contribution is -2.41. The van der Waals surface area contributed by atoms with Crippen LogP contribution in [0.5, 0.6) is 0 Å². The second kappa shape index (κ2) is 3.31. The Labute approximate surface area is 74.8 Å². The average molecular weight is 166 g/mol. The van der Waals surface area contributed by atoms with Crippen molar-refractivity contribution in [2.24, 2.45) is 0 Å². The van der Waals surface area contributed by atoms with Crippen LogP contribution in [-0.4, -0.2) is 29.1 Å². The second-order valence-electron chi connectivity index (χ2n) is 4.06. The molecular formula is C10H18N2. The van der Waals surface area contributed by atoms with Crippen molar-refractivity contribution in [2.75, 3.05) is 14.1 Å². The Hall–Kier alpha value is -0.760. The molecule has 0 radical (unpaired) electrons. The third-order valence-electron chi connectivity index (χ3n) is 2.45. The molecule has 1 heterocycles. The molecule has 1 aromatic rings. The normalized spacial score (nSPS) is 12.4. The molecule has 0 aliphatic heterocycles. The minimum Gasteiger partial charge on any atom is -0.352 e. The molecule has 0 unspecified atom stereocenters. The van der Waals surface area contributed by atoms with Crippen molar-refractivity contribution in [3.8, 4) is 0 Å². The topological polar surface area (TPSA) is 8.17 Å². The molecule has 0 saturated carbocycles. The van der Waals surface area contributed by atoms with Gasteiger partial charge in [0.05, 0.1) is 0 Å². The van der Waals surface area contributed by atoms with Crippen molar-refractivity contribution in [1.82, 2.24) is 9.47 Å². The predicted octanol–water partition coefficient (Wildman–Crippen LogP) is 1.83. The van der Waals surface area contributed by atoms with Gasteiger partial charge in [-0.2, -0.15) is 0 Å². The van der Waals surface area contributed by atoms with E-state index in [1.54, 1.807) is 0 Å². The van der Waals surface area contributed by atoms with Crippen molar-refractivity contribution in [3.05, 3.63) is 24.5 Å². The molecule has 68 valence electrons. The quantitative estimate of drug-likeness (QED) is 0.665. The Morgan fingerprint density at radius 2 is 1.67 bits per heavy atom. The van der Waals surface area contributed by atoms with Crippen LogP contribution in [0, 0.1) is 0 Å². The van der Waals surface area contributed by atoms with Crippen LogP contribution in [-0.2, 0) is 6.54 Å². The third-order valence-corrected chi connectivity index (χ3v) is 2.45. The third kappa shape index (κ3) is 2.11. The minimum absolute atomic E-state index is 0.221. The fourth-order valence-corrected chi connectivity index (χ4v) is 1.06. The molecule has 0 amide bonds. The van der Waals surface area contributed by atoms with Crippen molar-refractivity contribution in [2.45, 2.75) is 25.9 Å². The van der Waals surface area contributed by atoms with Crippen molar-refractivity contribution >= 4 is 0 Å². The molecule has 1 aromatic heterocycles. The first kappa shape index (κ1) is 9.33. The zero-order valence-electron chi connectivity index (χ0n) is 8.41. The van der Waals surface area contributed by atoms with Gasteiger partial charge in [-0.1, -0.05) is 0 Å². The highest BCUT2D eigenvalue weighted by atomic mass is 15.2. The van der Waals surface area contributed by atoms with Gasteiger partial charge in [0.2, 0.25) is 0 Å². The zero-order valence-corrected chi connectivity index (χ0v) is 8.41. The van der Waals surface area contributed by atoms with Gasteiger partial charge in [0.1, 0.15) is 0 Å². The highest BCUT2D eigenvalue weighted by molar-refractivity contribution is 4.92. The fraction of sp³-hybridized carbons (Fsp3) is 0.600. The van der Waals surface area contributed by atoms with E-state index in [2.05, 4.69) is 61.9 Å². The molecule has 2 heteroatoms. The van der Waals surface area contributed by atoms with E-state index in [-0.39, 0.29) is 5.54 Å². The summed E-state index contributed by atoms with van der Waals surface area (Å²) >= 11 is 0. The Kier molecular flexibility index (Phi) is 2.58. The van der Waals surface area contributed by atoms with Crippen LogP contribution in [0.2, 0.25) is 0 Å². The van der Waals surface area contributed by atoms with E-state index in [0.29, 0.717) is 0 Å². The molecule has 12 heavy (non-hydrogen) atoms. The maximum absolute atomic E-state index is 2.24. The fourth-order valence-electron chi connectivity index (χ4n) is 1.06. The van der Waals surface area contributed by atoms with Gasteiger partial charge in [-0.25, -0.2) is 0 Å². The van der Waals surface area contributed by atoms with Crippen LogP contribution in [0.1, 0.15) is 13.8 Å². The highest BCUT2D eigenvalue weighted by Crippen LogP contribution is 2.12. The van der Waals surface area contributed by atoms with E-state index in [0.717, 1.165) is 6.54 Å². The maximum Gasteiger partial charge on any atom is 0.0398 e. The molecule has 0 aromatic carbocycles. The summed E-state index contributed by atoms with van der Waals surface area (Å²) in [6.45, 7) is 5.52. The lowest BCUT2D eigenvalue weighted by Gasteiger charge is -2.32. The Morgan fingerprint density at radius 1 is 1.17 bits per heavy atom. The van der Waals surface area contributed by atoms with Crippen LogP contribution in [0.4, 0.5) is 0 Å². The predicted molar refractivity (Wildman–Crippen MR) is 52.2 cm³/mol. The lowest BCUT2D eigenvalue weighted by molar-refractivity contribution is 0.170. The molecule has 0 fully saturated rings. The summed E-state index contributed by atoms with van der Waals surface area (Å²) in [5.41, 5.74) is 0.221. The lowest BCUT2D eigenvalue weighted by atomic mass is 10.0. The summed E-state index contributed by atoms with van der Waals surface area (Å²) in [5, 5.41) is 0. The molecule has 0 atom stereocenters. The average Bonchev–Trinajstić information content (AvgIpc) is 2.38. The first-order valence-corrected chi connectivity index (χ1v) is 4.30. The second-order valence-corrected chi connectivity index (χ2v) is 4.06. The number of aromatic nitrogens is 1. The van der Waals surface area contributed by atoms with Gasteiger partial charge in [-0.05, 0) is 40.1 Å². The molecule has 0 aliphatic carbocycles. The summed E-state index contributed by atoms with van der Waals surface area (Å²) in [5.74, 6) is 0. The molecule has 0 N–H and O–H groups in total. The van der Waals surface area contributed by atoms with Crippen LogP contribution in [0.15, 0.2) is 24.5 Å². The Bertz CT molecular complexity index is 222. The molecule has 0 bridgehead atoms. The number of likely N-dealkylation sites (N-methyl/N-ethyl adjacent to an activating group) is 1. The van der Waals surface area contributed by atoms with Gasteiger partial charge in [0, 0.05) is 24.5 Å². The Balaban J connectivity index is 2.62. The van der Waals surface area contributed by atoms with E-state index in [9.17, 15) is 0 Å². The van der Waals surface area contributed by atoms with Gasteiger partial charge >= 0.3 is 0 Å². The van der Waals surface area contributed by atoms with Gasteiger partial charge < -0.3 is 9.47 Å². The minimum atomic E-state index is 0.221. The summed E-state index contributed by atoms with van der Waals surface area (Å²) in [6, 6.07) is 4.12. The number of hydrogen-bond acceptors (Lipinski definition) is 1. The maximum atomic E-state index is 2.24. The largest absolute Gasteiger partial charge is 0.352 e. The van der Waals surface area contributed by atoms with Gasteiger partial charge in [0.25, 0.3) is 0 Å². The van der Waals surface area contributed by atoms with Crippen LogP contribution < -0.4 is 0 Å². The molecule has 0 aliphatic rings. The first-order chi connectivity index (χ1) is 5.52. The van der Waals surface area contributed by atoms with Gasteiger partial charge in [-0.15, -0.1) is 0 Å². The molecular weight excluding hydrogens is 148 g/mol. The van der Waals surface area contributed by atoms with Gasteiger partial charge in [0.15, 0.2) is 0 Å². The molecule has 0 saturated heterocycles. The monoisotopic (exact) mass is 166 g/mol. The number of rotatable bonds is 3. The summed E-state index contributed by atoms with van der Waals surface area (Å²) in [7, 11) is 4.23. The van der Waals surface area contributed by atoms with E-state index >= 15 is 0 Å². The summed E-state index contributed by atoms with van der Waals surface area (Å²) in [6.07, 6.45) is 4.20. The van der Waals surface area contributed by atoms with E-state index in [4.69, 9.17) is 0 Å². The smallest absolute Gasteiger partial charge is 0.0398 e. The summed E-state index contributed by atoms with van der Waals surface area (Å²) in [4.78, 5) is 2.24. The first-order valence-electron chi connectivity index (χ1n) is 4.30. The van der Waals surface area contributed by atoms with Crippen molar-refractivity contribution < 1.29 is 0 Å². The highest BCUT2D eigenvalue weighted by Gasteiger charge is 2.20. The van der Waals surface area contributed by atoms with Crippen molar-refractivity contribution in [3.63, 3.8) is 0 Å². The number of hydrogen-bond donors (Lipinski definition) is 0. The van der Waals surface area contributed by atoms with Crippen LogP contribution in [0.25, 0.3) is 0 Å². The number of nitrogens with zero attached hydrogens (tertiary/aromatic N) is 2. The standard InChI is InChI=1S/C10H18N2/c1-10(2,11(3)4)9-12-7-5-6-8-12/h5-8H,9H2,1-4H3. The SMILES string of the molecule is CN(C)C(C)(C)Cn1cccc1. The summed E-state index contributed by atoms with van der Waals surface area (Å²) < 4.78 is 2.21. The molecule has 0 spiro atoms. The Morgan fingerprint density at radius 3 is 2.08 bits per heavy atom. The van der Waals surface area contributed by atoms with Gasteiger partial charge in [-0.3, -0.25) is 0 Å². The van der Waals surface area contributed by atoms with E-state index in [1.165, 1.54) is 0 Å². The van der Waals surface area contributed by atoms with Crippen LogP contribution in [0.3, 0.4) is 0 Å². The molecule has 2 nitrogen and oxygen atoms in total. The van der Waals surface area contributed by atoms with Crippen molar-refractivity contribution in [1.29, 1.82) is 0 Å². The zero-order chi connectivity index (χ0) is 9.19.